The molecule has 1 aliphatic heterocycles. The number of methoxy groups -OCH3 is 1. The zero-order chi connectivity index (χ0) is 22.7. The van der Waals surface area contributed by atoms with Crippen LogP contribution in [0.1, 0.15) is 11.5 Å². The molecule has 4 rings (SSSR count). The Hall–Kier alpha value is -4.08. The molecule has 10 heteroatoms. The number of urea groups is 1. The predicted octanol–water partition coefficient (Wildman–Crippen LogP) is 3.76. The molecule has 0 aliphatic carbocycles. The number of aromatic nitrogens is 1. The maximum atomic E-state index is 14.5. The van der Waals surface area contributed by atoms with Gasteiger partial charge in [0.25, 0.3) is 0 Å². The first-order valence-corrected chi connectivity index (χ1v) is 9.62. The molecule has 2 atom stereocenters. The number of nitrogens with one attached hydrogen (secondary N) is 2. The minimum atomic E-state index is -1.01. The summed E-state index contributed by atoms with van der Waals surface area (Å²) >= 11 is 0. The lowest BCUT2D eigenvalue weighted by Gasteiger charge is -2.16. The summed E-state index contributed by atoms with van der Waals surface area (Å²) in [5, 5.41) is 5.11. The molecular weight excluding hydrogens is 422 g/mol. The van der Waals surface area contributed by atoms with Crippen LogP contribution in [0, 0.1) is 17.6 Å². The second-order valence-electron chi connectivity index (χ2n) is 7.01. The monoisotopic (exact) mass is 440 g/mol. The van der Waals surface area contributed by atoms with E-state index in [-0.39, 0.29) is 17.9 Å². The average molecular weight is 440 g/mol. The molecule has 0 bridgehead atoms. The lowest BCUT2D eigenvalue weighted by Crippen LogP contribution is -2.22. The number of benzene rings is 2. The molecular formula is C22H18F2N4O4. The highest BCUT2D eigenvalue weighted by Crippen LogP contribution is 2.34. The molecule has 8 nitrogen and oxygen atoms in total. The maximum absolute atomic E-state index is 14.5. The van der Waals surface area contributed by atoms with Crippen molar-refractivity contribution >= 4 is 23.8 Å². The molecule has 0 spiro atoms. The summed E-state index contributed by atoms with van der Waals surface area (Å²) in [5.74, 6) is -3.54. The first kappa shape index (κ1) is 21.2. The van der Waals surface area contributed by atoms with Crippen molar-refractivity contribution in [2.45, 2.75) is 5.92 Å². The van der Waals surface area contributed by atoms with E-state index in [9.17, 15) is 18.4 Å². The number of aliphatic imine (C=N–C) groups is 1. The predicted molar refractivity (Wildman–Crippen MR) is 112 cm³/mol. The number of carbonyl (C=O) groups excluding carboxylic acids is 2. The Kier molecular flexibility index (Phi) is 5.93. The normalized spacial score (nSPS) is 18.0. The maximum Gasteiger partial charge on any atom is 0.345 e. The molecule has 2 N–H and O–H groups in total. The molecule has 1 aromatic heterocycles. The Morgan fingerprint density at radius 3 is 2.62 bits per heavy atom. The summed E-state index contributed by atoms with van der Waals surface area (Å²) in [6.07, 6.45) is 4.08. The highest BCUT2D eigenvalue weighted by atomic mass is 19.1. The van der Waals surface area contributed by atoms with Crippen LogP contribution < -0.4 is 15.4 Å². The van der Waals surface area contributed by atoms with Gasteiger partial charge in [0.05, 0.1) is 19.2 Å². The van der Waals surface area contributed by atoms with Gasteiger partial charge in [-0.3, -0.25) is 4.79 Å². The SMILES string of the molecule is COc1cc(F)c([C@@H]2CNC(=O)C2/C=N/C(=O)Nc2ccc(-c3ncco3)cc2)c(F)c1. The molecule has 2 heterocycles. The summed E-state index contributed by atoms with van der Waals surface area (Å²) in [4.78, 5) is 32.2. The Balaban J connectivity index is 1.47. The molecule has 3 aromatic rings. The van der Waals surface area contributed by atoms with Crippen LogP contribution in [0.4, 0.5) is 19.3 Å². The standard InChI is InChI=1S/C22H18F2N4O4/c1-31-14-8-17(23)19(18(24)9-14)15-10-26-20(29)16(15)11-27-22(30)28-13-4-2-12(3-5-13)21-25-6-7-32-21/h2-9,11,15-16H,10H2,1H3,(H,26,29)(H,28,30)/b27-11+/t15-,16?/m1/s1. The topological polar surface area (TPSA) is 106 Å². The van der Waals surface area contributed by atoms with E-state index in [1.165, 1.54) is 19.6 Å². The van der Waals surface area contributed by atoms with Gasteiger partial charge in [-0.15, -0.1) is 0 Å². The van der Waals surface area contributed by atoms with Crippen molar-refractivity contribution in [2.75, 3.05) is 19.0 Å². The van der Waals surface area contributed by atoms with Gasteiger partial charge >= 0.3 is 6.03 Å². The molecule has 0 saturated carbocycles. The van der Waals surface area contributed by atoms with Crippen LogP contribution in [-0.4, -0.2) is 36.8 Å². The van der Waals surface area contributed by atoms with Crippen LogP contribution in [0.3, 0.4) is 0 Å². The number of hydrogen-bond donors (Lipinski definition) is 2. The van der Waals surface area contributed by atoms with Gasteiger partial charge in [0.15, 0.2) is 0 Å². The van der Waals surface area contributed by atoms with Gasteiger partial charge in [0, 0.05) is 47.6 Å². The Bertz CT molecular complexity index is 1140. The highest BCUT2D eigenvalue weighted by Gasteiger charge is 2.38. The van der Waals surface area contributed by atoms with Crippen molar-refractivity contribution < 1.29 is 27.5 Å². The molecule has 0 radical (unpaired) electrons. The Labute approximate surface area is 181 Å². The van der Waals surface area contributed by atoms with Gasteiger partial charge in [0.2, 0.25) is 11.8 Å². The molecule has 1 fully saturated rings. The first-order chi connectivity index (χ1) is 15.5. The van der Waals surface area contributed by atoms with Gasteiger partial charge in [-0.25, -0.2) is 23.6 Å². The second-order valence-corrected chi connectivity index (χ2v) is 7.01. The smallest absolute Gasteiger partial charge is 0.345 e. The van der Waals surface area contributed by atoms with E-state index in [2.05, 4.69) is 20.6 Å². The second kappa shape index (κ2) is 8.96. The quantitative estimate of drug-likeness (QED) is 0.588. The van der Waals surface area contributed by atoms with Crippen LogP contribution in [-0.2, 0) is 4.79 Å². The largest absolute Gasteiger partial charge is 0.497 e. The van der Waals surface area contributed by atoms with Crippen LogP contribution in [0.2, 0.25) is 0 Å². The molecule has 164 valence electrons. The highest BCUT2D eigenvalue weighted by molar-refractivity contribution is 6.02. The molecule has 2 aromatic carbocycles. The number of oxazole rings is 1. The van der Waals surface area contributed by atoms with Crippen LogP contribution in [0.25, 0.3) is 11.5 Å². The summed E-state index contributed by atoms with van der Waals surface area (Å²) in [7, 11) is 1.30. The van der Waals surface area contributed by atoms with Gasteiger partial charge in [-0.1, -0.05) is 0 Å². The number of anilines is 1. The minimum absolute atomic E-state index is 0.0135. The summed E-state index contributed by atoms with van der Waals surface area (Å²) in [5.41, 5.74) is 0.927. The van der Waals surface area contributed by atoms with E-state index in [0.29, 0.717) is 11.6 Å². The van der Waals surface area contributed by atoms with Gasteiger partial charge < -0.3 is 19.8 Å². The van der Waals surface area contributed by atoms with Crippen LogP contribution in [0.15, 0.2) is 58.3 Å². The molecule has 1 unspecified atom stereocenters. The lowest BCUT2D eigenvalue weighted by molar-refractivity contribution is -0.120. The number of ether oxygens (including phenoxy) is 1. The number of nitrogens with zero attached hydrogens (tertiary/aromatic N) is 2. The molecule has 3 amide bonds. The minimum Gasteiger partial charge on any atom is -0.497 e. The van der Waals surface area contributed by atoms with E-state index >= 15 is 0 Å². The number of halogens is 2. The number of amides is 3. The third-order valence-corrected chi connectivity index (χ3v) is 5.06. The van der Waals surface area contributed by atoms with Crippen molar-refractivity contribution in [3.05, 3.63) is 66.1 Å². The van der Waals surface area contributed by atoms with E-state index in [1.54, 1.807) is 24.3 Å². The van der Waals surface area contributed by atoms with E-state index < -0.39 is 35.4 Å². The van der Waals surface area contributed by atoms with Crippen molar-refractivity contribution in [1.82, 2.24) is 10.3 Å². The summed E-state index contributed by atoms with van der Waals surface area (Å²) < 4.78 is 39.0. The fourth-order valence-corrected chi connectivity index (χ4v) is 3.49. The number of carbonyl (C=O) groups is 2. The van der Waals surface area contributed by atoms with Gasteiger partial charge in [-0.2, -0.15) is 0 Å². The Morgan fingerprint density at radius 2 is 2.00 bits per heavy atom. The van der Waals surface area contributed by atoms with E-state index in [1.807, 2.05) is 0 Å². The van der Waals surface area contributed by atoms with Crippen LogP contribution >= 0.6 is 0 Å². The fourth-order valence-electron chi connectivity index (χ4n) is 3.49. The van der Waals surface area contributed by atoms with Crippen molar-refractivity contribution in [2.24, 2.45) is 10.9 Å². The third-order valence-electron chi connectivity index (χ3n) is 5.06. The molecule has 32 heavy (non-hydrogen) atoms. The number of hydrogen-bond acceptors (Lipinski definition) is 5. The average Bonchev–Trinajstić information content (AvgIpc) is 3.43. The van der Waals surface area contributed by atoms with Gasteiger partial charge in [0.1, 0.15) is 23.6 Å². The Morgan fingerprint density at radius 1 is 1.28 bits per heavy atom. The number of rotatable bonds is 5. The fraction of sp³-hybridized carbons (Fsp3) is 0.182. The zero-order valence-corrected chi connectivity index (χ0v) is 16.8. The van der Waals surface area contributed by atoms with Gasteiger partial charge in [-0.05, 0) is 24.3 Å². The van der Waals surface area contributed by atoms with E-state index in [0.717, 1.165) is 23.9 Å². The van der Waals surface area contributed by atoms with E-state index in [4.69, 9.17) is 9.15 Å². The first-order valence-electron chi connectivity index (χ1n) is 9.62. The van der Waals surface area contributed by atoms with Crippen LogP contribution in [0.5, 0.6) is 5.75 Å². The summed E-state index contributed by atoms with van der Waals surface area (Å²) in [6, 6.07) is 8.05. The lowest BCUT2D eigenvalue weighted by atomic mass is 9.88. The van der Waals surface area contributed by atoms with Crippen molar-refractivity contribution in [3.63, 3.8) is 0 Å². The summed E-state index contributed by atoms with van der Waals surface area (Å²) in [6.45, 7) is 0.0135. The zero-order valence-electron chi connectivity index (χ0n) is 16.8. The third kappa shape index (κ3) is 4.34. The van der Waals surface area contributed by atoms with Crippen molar-refractivity contribution in [1.29, 1.82) is 0 Å². The molecule has 1 saturated heterocycles. The molecule has 1 aliphatic rings. The van der Waals surface area contributed by atoms with Crippen molar-refractivity contribution in [3.8, 4) is 17.2 Å².